The van der Waals surface area contributed by atoms with Gasteiger partial charge < -0.3 is 0 Å². The Morgan fingerprint density at radius 1 is 1.12 bits per heavy atom. The van der Waals surface area contributed by atoms with Crippen LogP contribution < -0.4 is 0 Å². The van der Waals surface area contributed by atoms with Crippen molar-refractivity contribution in [3.63, 3.8) is 0 Å². The maximum atomic E-state index is 12.1. The topological polar surface area (TPSA) is 85.4 Å². The highest BCUT2D eigenvalue weighted by Gasteiger charge is 2.26. The highest BCUT2D eigenvalue weighted by atomic mass is 32.2. The van der Waals surface area contributed by atoms with E-state index in [0.717, 1.165) is 11.4 Å². The molecule has 0 radical (unpaired) electrons. The zero-order valence-electron chi connectivity index (χ0n) is 12.5. The highest BCUT2D eigenvalue weighted by molar-refractivity contribution is 7.99. The minimum atomic E-state index is -0.349. The first kappa shape index (κ1) is 14.7. The number of tetrazole rings is 1. The minimum Gasteiger partial charge on any atom is -0.271 e. The number of aliphatic imine (C=N–C) groups is 2. The van der Waals surface area contributed by atoms with Crippen LogP contribution in [0.3, 0.4) is 0 Å². The van der Waals surface area contributed by atoms with Gasteiger partial charge in [-0.2, -0.15) is 9.67 Å². The molecule has 0 bridgehead atoms. The molecule has 4 rings (SSSR count). The smallest absolute Gasteiger partial charge is 0.260 e. The Labute approximate surface area is 141 Å². The third kappa shape index (κ3) is 2.83. The minimum absolute atomic E-state index is 0.182. The Bertz CT molecular complexity index is 896. The number of hydrogen-bond acceptors (Lipinski definition) is 6. The number of benzene rings is 1. The number of thioether (sulfide) groups is 1. The van der Waals surface area contributed by atoms with Gasteiger partial charge in [0.2, 0.25) is 5.16 Å². The lowest BCUT2D eigenvalue weighted by atomic mass is 9.97. The molecule has 2 aromatic rings. The second-order valence-electron chi connectivity index (χ2n) is 5.12. The van der Waals surface area contributed by atoms with Gasteiger partial charge in [0.05, 0.1) is 17.2 Å². The van der Waals surface area contributed by atoms with Crippen molar-refractivity contribution in [3.8, 4) is 5.69 Å². The van der Waals surface area contributed by atoms with Gasteiger partial charge in [0.1, 0.15) is 11.8 Å². The summed E-state index contributed by atoms with van der Waals surface area (Å²) in [6, 6.07) is 9.62. The van der Waals surface area contributed by atoms with E-state index >= 15 is 0 Å². The van der Waals surface area contributed by atoms with E-state index < -0.39 is 0 Å². The van der Waals surface area contributed by atoms with Crippen LogP contribution in [0.25, 0.3) is 5.69 Å². The second-order valence-corrected chi connectivity index (χ2v) is 6.06. The molecule has 1 aliphatic heterocycles. The van der Waals surface area contributed by atoms with Crippen LogP contribution in [0.2, 0.25) is 0 Å². The fourth-order valence-electron chi connectivity index (χ4n) is 2.41. The molecular weight excluding hydrogens is 324 g/mol. The Kier molecular flexibility index (Phi) is 3.87. The van der Waals surface area contributed by atoms with Crippen LogP contribution >= 0.6 is 11.8 Å². The summed E-state index contributed by atoms with van der Waals surface area (Å²) >= 11 is 1.39. The molecule has 1 unspecified atom stereocenters. The molecule has 1 amide bonds. The lowest BCUT2D eigenvalue weighted by Gasteiger charge is -2.17. The van der Waals surface area contributed by atoms with Crippen molar-refractivity contribution < 1.29 is 4.79 Å². The average molecular weight is 336 g/mol. The zero-order chi connectivity index (χ0) is 16.4. The molecule has 1 aromatic heterocycles. The molecular formula is C16H12N6OS. The molecule has 8 heteroatoms. The molecule has 1 atom stereocenters. The number of hydrogen-bond donors (Lipinski definition) is 0. The van der Waals surface area contributed by atoms with Crippen LogP contribution in [-0.2, 0) is 4.79 Å². The van der Waals surface area contributed by atoms with Crippen LogP contribution in [-0.4, -0.2) is 43.4 Å². The van der Waals surface area contributed by atoms with Crippen molar-refractivity contribution in [2.75, 3.05) is 5.75 Å². The predicted molar refractivity (Wildman–Crippen MR) is 91.5 cm³/mol. The number of carbonyl (C=O) groups is 1. The molecule has 1 aromatic carbocycles. The second kappa shape index (κ2) is 6.32. The van der Waals surface area contributed by atoms with Crippen molar-refractivity contribution in [2.24, 2.45) is 15.9 Å². The third-order valence-corrected chi connectivity index (χ3v) is 4.45. The fraction of sp³-hybridized carbons (Fsp3) is 0.125. The first-order valence-electron chi connectivity index (χ1n) is 7.33. The van der Waals surface area contributed by atoms with Crippen LogP contribution in [0, 0.1) is 5.92 Å². The summed E-state index contributed by atoms with van der Waals surface area (Å²) in [6.45, 7) is 0. The Hall–Kier alpha value is -2.87. The van der Waals surface area contributed by atoms with Crippen LogP contribution in [0.4, 0.5) is 0 Å². The fourth-order valence-corrected chi connectivity index (χ4v) is 3.16. The summed E-state index contributed by atoms with van der Waals surface area (Å²) in [7, 11) is 0. The van der Waals surface area contributed by atoms with Gasteiger partial charge in [-0.1, -0.05) is 48.2 Å². The zero-order valence-corrected chi connectivity index (χ0v) is 13.3. The lowest BCUT2D eigenvalue weighted by Crippen LogP contribution is -2.27. The number of carbonyl (C=O) groups excluding carboxylic acids is 1. The monoisotopic (exact) mass is 336 g/mol. The molecule has 1 aliphatic carbocycles. The van der Waals surface area contributed by atoms with Crippen LogP contribution in [0.5, 0.6) is 0 Å². The predicted octanol–water partition coefficient (Wildman–Crippen LogP) is 1.88. The number of para-hydroxylation sites is 1. The van der Waals surface area contributed by atoms with Gasteiger partial charge in [0.15, 0.2) is 0 Å². The van der Waals surface area contributed by atoms with Gasteiger partial charge in [-0.25, -0.2) is 4.99 Å². The van der Waals surface area contributed by atoms with E-state index in [1.54, 1.807) is 4.68 Å². The molecule has 0 saturated carbocycles. The summed E-state index contributed by atoms with van der Waals surface area (Å²) in [5.74, 6) is 0.378. The van der Waals surface area contributed by atoms with Gasteiger partial charge in [-0.15, -0.1) is 5.10 Å². The summed E-state index contributed by atoms with van der Waals surface area (Å²) in [5.41, 5.74) is 1.61. The van der Waals surface area contributed by atoms with Crippen molar-refractivity contribution >= 4 is 29.2 Å². The van der Waals surface area contributed by atoms with E-state index in [9.17, 15) is 4.79 Å². The van der Waals surface area contributed by atoms with Crippen LogP contribution in [0.1, 0.15) is 0 Å². The van der Waals surface area contributed by atoms with Crippen molar-refractivity contribution in [1.82, 2.24) is 20.2 Å². The Balaban J connectivity index is 1.52. The standard InChI is InChI=1S/C16H12N6OS/c23-15-12-8-4-5-9-13(12)17-14(18-15)10-24-16-19-20-21-22(16)11-6-2-1-3-7-11/h1-9,12H,10H2. The maximum Gasteiger partial charge on any atom is 0.260 e. The van der Waals surface area contributed by atoms with E-state index in [1.165, 1.54) is 11.8 Å². The van der Waals surface area contributed by atoms with E-state index in [-0.39, 0.29) is 11.8 Å². The lowest BCUT2D eigenvalue weighted by molar-refractivity contribution is -0.118. The first-order valence-corrected chi connectivity index (χ1v) is 8.31. The Morgan fingerprint density at radius 3 is 2.88 bits per heavy atom. The molecule has 2 heterocycles. The first-order chi connectivity index (χ1) is 11.8. The number of fused-ring (bicyclic) bond motifs is 1. The number of amides is 1. The van der Waals surface area contributed by atoms with E-state index in [1.807, 2.05) is 54.6 Å². The van der Waals surface area contributed by atoms with Gasteiger partial charge in [-0.05, 0) is 28.6 Å². The number of aromatic nitrogens is 4. The molecule has 0 N–H and O–H groups in total. The van der Waals surface area contributed by atoms with Gasteiger partial charge in [-0.3, -0.25) is 4.79 Å². The Morgan fingerprint density at radius 2 is 2.00 bits per heavy atom. The normalized spacial score (nSPS) is 19.0. The third-order valence-electron chi connectivity index (χ3n) is 3.54. The average Bonchev–Trinajstić information content (AvgIpc) is 3.09. The molecule has 7 nitrogen and oxygen atoms in total. The largest absolute Gasteiger partial charge is 0.271 e. The van der Waals surface area contributed by atoms with Gasteiger partial charge in [0, 0.05) is 0 Å². The molecule has 118 valence electrons. The summed E-state index contributed by atoms with van der Waals surface area (Å²) in [5, 5.41) is 12.4. The van der Waals surface area contributed by atoms with Crippen molar-refractivity contribution in [1.29, 1.82) is 0 Å². The number of rotatable bonds is 4. The molecule has 0 saturated heterocycles. The molecule has 0 fully saturated rings. The molecule has 24 heavy (non-hydrogen) atoms. The number of amidine groups is 1. The maximum absolute atomic E-state index is 12.1. The highest BCUT2D eigenvalue weighted by Crippen LogP contribution is 2.21. The van der Waals surface area contributed by atoms with Crippen molar-refractivity contribution in [3.05, 3.63) is 54.6 Å². The summed E-state index contributed by atoms with van der Waals surface area (Å²) in [4.78, 5) is 20.6. The molecule has 0 spiro atoms. The van der Waals surface area contributed by atoms with E-state index in [4.69, 9.17) is 0 Å². The quantitative estimate of drug-likeness (QED) is 0.796. The van der Waals surface area contributed by atoms with Gasteiger partial charge in [0.25, 0.3) is 5.91 Å². The number of allylic oxidation sites excluding steroid dienone is 3. The summed E-state index contributed by atoms with van der Waals surface area (Å²) < 4.78 is 1.65. The molecule has 2 aliphatic rings. The van der Waals surface area contributed by atoms with E-state index in [0.29, 0.717) is 16.7 Å². The van der Waals surface area contributed by atoms with Crippen molar-refractivity contribution in [2.45, 2.75) is 5.16 Å². The van der Waals surface area contributed by atoms with Crippen LogP contribution in [0.15, 0.2) is 69.8 Å². The SMILES string of the molecule is O=C1N=C(CSc2nnnn2-c2ccccc2)N=C2C=CC=CC12. The number of nitrogens with zero attached hydrogens (tertiary/aromatic N) is 6. The summed E-state index contributed by atoms with van der Waals surface area (Å²) in [6.07, 6.45) is 7.36. The van der Waals surface area contributed by atoms with E-state index in [2.05, 4.69) is 25.5 Å². The van der Waals surface area contributed by atoms with Gasteiger partial charge >= 0.3 is 0 Å².